The molecule has 4 aromatic rings. The molecule has 0 unspecified atom stereocenters. The van der Waals surface area contributed by atoms with E-state index in [4.69, 9.17) is 15.6 Å². The standard InChI is InChI=1S/C32H36N6O5.C2HF3O2/c1-32(2,33)31(43)38-26(17-24-18-34-19-35-24)29(40)36-25(16-21-12-13-22-10-6-7-11-23(22)14-21)28(39)37-27(30(41)42)15-20-8-4-3-5-9-20;3-2(4,5)1(6)7/h3-14,18-19,25-27H,15-17,33H2,1-2H3,(H,34,35)(H,36,40)(H,37,39)(H,38,43)(H,41,42);(H,6,7)/t25-,26+,27-;/m1./s1. The summed E-state index contributed by atoms with van der Waals surface area (Å²) in [5, 5.41) is 27.0. The average Bonchev–Trinajstić information content (AvgIpc) is 3.56. The summed E-state index contributed by atoms with van der Waals surface area (Å²) >= 11 is 0. The molecule has 0 spiro atoms. The van der Waals surface area contributed by atoms with E-state index in [1.54, 1.807) is 24.3 Å². The van der Waals surface area contributed by atoms with Crippen LogP contribution in [0.15, 0.2) is 85.3 Å². The Balaban J connectivity index is 0.000000872. The first-order valence-electron chi connectivity index (χ1n) is 15.2. The number of halogens is 3. The van der Waals surface area contributed by atoms with Gasteiger partial charge in [0.1, 0.15) is 18.1 Å². The molecule has 0 aliphatic heterocycles. The van der Waals surface area contributed by atoms with E-state index in [1.807, 2.05) is 48.5 Å². The van der Waals surface area contributed by atoms with E-state index in [2.05, 4.69) is 25.9 Å². The zero-order valence-corrected chi connectivity index (χ0v) is 27.0. The molecule has 266 valence electrons. The first-order valence-corrected chi connectivity index (χ1v) is 15.2. The van der Waals surface area contributed by atoms with Crippen molar-refractivity contribution in [3.05, 3.63) is 102 Å². The van der Waals surface area contributed by atoms with Crippen LogP contribution in [0, 0.1) is 0 Å². The highest BCUT2D eigenvalue weighted by Crippen LogP contribution is 2.17. The Morgan fingerprint density at radius 2 is 1.30 bits per heavy atom. The predicted octanol–water partition coefficient (Wildman–Crippen LogP) is 2.50. The van der Waals surface area contributed by atoms with Crippen LogP contribution in [0.4, 0.5) is 13.2 Å². The van der Waals surface area contributed by atoms with E-state index in [0.29, 0.717) is 5.69 Å². The highest BCUT2D eigenvalue weighted by Gasteiger charge is 2.38. The van der Waals surface area contributed by atoms with E-state index in [1.165, 1.54) is 26.4 Å². The van der Waals surface area contributed by atoms with Crippen molar-refractivity contribution in [2.75, 3.05) is 0 Å². The number of aromatic nitrogens is 2. The Labute approximate surface area is 284 Å². The number of carboxylic acid groups (broad SMARTS) is 2. The van der Waals surface area contributed by atoms with Gasteiger partial charge in [-0.1, -0.05) is 72.8 Å². The number of nitrogens with two attached hydrogens (primary N) is 1. The van der Waals surface area contributed by atoms with Crippen molar-refractivity contribution in [2.24, 2.45) is 5.73 Å². The largest absolute Gasteiger partial charge is 0.490 e. The number of aliphatic carboxylic acids is 2. The lowest BCUT2D eigenvalue weighted by Gasteiger charge is -2.26. The number of benzene rings is 3. The molecule has 0 radical (unpaired) electrons. The maximum absolute atomic E-state index is 13.7. The summed E-state index contributed by atoms with van der Waals surface area (Å²) in [6.45, 7) is 3.03. The normalized spacial score (nSPS) is 13.2. The van der Waals surface area contributed by atoms with E-state index in [9.17, 15) is 37.5 Å². The van der Waals surface area contributed by atoms with E-state index in [0.717, 1.165) is 21.9 Å². The third-order valence-corrected chi connectivity index (χ3v) is 7.21. The number of nitrogens with one attached hydrogen (secondary N) is 4. The molecule has 1 aromatic heterocycles. The number of hydrogen-bond donors (Lipinski definition) is 7. The Morgan fingerprint density at radius 1 is 0.760 bits per heavy atom. The van der Waals surface area contributed by atoms with Crippen molar-refractivity contribution in [1.29, 1.82) is 0 Å². The number of nitrogens with zero attached hydrogens (tertiary/aromatic N) is 1. The molecule has 1 heterocycles. The van der Waals surface area contributed by atoms with Crippen LogP contribution in [0.5, 0.6) is 0 Å². The minimum Gasteiger partial charge on any atom is -0.480 e. The fourth-order valence-electron chi connectivity index (χ4n) is 4.57. The van der Waals surface area contributed by atoms with Crippen LogP contribution in [0.2, 0.25) is 0 Å². The Hall–Kier alpha value is -5.77. The fraction of sp³-hybridized carbons (Fsp3) is 0.294. The van der Waals surface area contributed by atoms with Gasteiger partial charge in [0.15, 0.2) is 0 Å². The highest BCUT2D eigenvalue weighted by atomic mass is 19.4. The molecule has 0 bridgehead atoms. The van der Waals surface area contributed by atoms with E-state index < -0.39 is 59.5 Å². The smallest absolute Gasteiger partial charge is 0.480 e. The second-order valence-electron chi connectivity index (χ2n) is 11.9. The van der Waals surface area contributed by atoms with Gasteiger partial charge in [0.25, 0.3) is 0 Å². The molecule has 3 amide bonds. The Bertz CT molecular complexity index is 1780. The van der Waals surface area contributed by atoms with Crippen LogP contribution in [0.1, 0.15) is 30.7 Å². The number of carbonyl (C=O) groups is 5. The fourth-order valence-corrected chi connectivity index (χ4v) is 4.57. The summed E-state index contributed by atoms with van der Waals surface area (Å²) in [5.41, 5.74) is 6.77. The molecule has 8 N–H and O–H groups in total. The molecular weight excluding hydrogens is 661 g/mol. The molecule has 0 fully saturated rings. The van der Waals surface area contributed by atoms with Gasteiger partial charge in [-0.25, -0.2) is 14.6 Å². The average molecular weight is 699 g/mol. The Morgan fingerprint density at radius 3 is 1.84 bits per heavy atom. The van der Waals surface area contributed by atoms with Gasteiger partial charge in [-0.3, -0.25) is 14.4 Å². The first kappa shape index (κ1) is 38.7. The number of hydrogen-bond acceptors (Lipinski definition) is 7. The summed E-state index contributed by atoms with van der Waals surface area (Å²) < 4.78 is 31.7. The van der Waals surface area contributed by atoms with E-state index in [-0.39, 0.29) is 19.3 Å². The second-order valence-corrected chi connectivity index (χ2v) is 11.9. The molecule has 4 rings (SSSR count). The van der Waals surface area contributed by atoms with Crippen LogP contribution in [0.25, 0.3) is 10.8 Å². The van der Waals surface area contributed by atoms with Crippen molar-refractivity contribution in [1.82, 2.24) is 25.9 Å². The molecule has 3 atom stereocenters. The number of carbonyl (C=O) groups excluding carboxylic acids is 3. The van der Waals surface area contributed by atoms with Gasteiger partial charge < -0.3 is 36.9 Å². The molecule has 0 saturated carbocycles. The van der Waals surface area contributed by atoms with Crippen molar-refractivity contribution in [3.63, 3.8) is 0 Å². The Kier molecular flexibility index (Phi) is 13.2. The van der Waals surface area contributed by atoms with Gasteiger partial charge in [0, 0.05) is 31.2 Å². The van der Waals surface area contributed by atoms with Crippen molar-refractivity contribution >= 4 is 40.4 Å². The number of rotatable bonds is 13. The zero-order valence-electron chi connectivity index (χ0n) is 27.0. The minimum atomic E-state index is -5.08. The van der Waals surface area contributed by atoms with E-state index >= 15 is 0 Å². The molecule has 0 aliphatic rings. The monoisotopic (exact) mass is 698 g/mol. The van der Waals surface area contributed by atoms with Crippen molar-refractivity contribution in [2.45, 2.75) is 63.0 Å². The first-order chi connectivity index (χ1) is 23.4. The van der Waals surface area contributed by atoms with Crippen LogP contribution in [-0.2, 0) is 43.2 Å². The van der Waals surface area contributed by atoms with Crippen LogP contribution < -0.4 is 21.7 Å². The molecule has 13 nitrogen and oxygen atoms in total. The van der Waals surface area contributed by atoms with Crippen LogP contribution in [0.3, 0.4) is 0 Å². The number of amides is 3. The van der Waals surface area contributed by atoms with Gasteiger partial charge >= 0.3 is 18.1 Å². The van der Waals surface area contributed by atoms with Gasteiger partial charge in [-0.05, 0) is 35.7 Å². The summed E-state index contributed by atoms with van der Waals surface area (Å²) in [6.07, 6.45) is -1.91. The maximum atomic E-state index is 13.7. The quantitative estimate of drug-likeness (QED) is 0.109. The van der Waals surface area contributed by atoms with Gasteiger partial charge in [0.2, 0.25) is 17.7 Å². The third-order valence-electron chi connectivity index (χ3n) is 7.21. The number of aromatic amines is 1. The SMILES string of the molecule is CC(C)(N)C(=O)N[C@@H](Cc1cnc[nH]1)C(=O)N[C@H](Cc1ccc2ccccc2c1)C(=O)N[C@H](Cc1ccccc1)C(=O)O.O=C(O)C(F)(F)F. The summed E-state index contributed by atoms with van der Waals surface area (Å²) in [7, 11) is 0. The highest BCUT2D eigenvalue weighted by molar-refractivity contribution is 5.95. The minimum absolute atomic E-state index is 0.0582. The van der Waals surface area contributed by atoms with Crippen molar-refractivity contribution in [3.8, 4) is 0 Å². The summed E-state index contributed by atoms with van der Waals surface area (Å²) in [5.74, 6) is -5.83. The number of carboxylic acids is 2. The third kappa shape index (κ3) is 12.0. The van der Waals surface area contributed by atoms with Crippen LogP contribution >= 0.6 is 0 Å². The summed E-state index contributed by atoms with van der Waals surface area (Å²) in [6, 6.07) is 18.9. The lowest BCUT2D eigenvalue weighted by atomic mass is 9.99. The topological polar surface area (TPSA) is 217 Å². The molecule has 16 heteroatoms. The lowest BCUT2D eigenvalue weighted by Crippen LogP contribution is -2.59. The number of fused-ring (bicyclic) bond motifs is 1. The van der Waals surface area contributed by atoms with Gasteiger partial charge in [-0.15, -0.1) is 0 Å². The predicted molar refractivity (Wildman–Crippen MR) is 175 cm³/mol. The molecule has 0 saturated heterocycles. The summed E-state index contributed by atoms with van der Waals surface area (Å²) in [4.78, 5) is 68.0. The molecule has 3 aromatic carbocycles. The molecular formula is C34H37F3N6O7. The van der Waals surface area contributed by atoms with Crippen LogP contribution in [-0.4, -0.2) is 79.7 Å². The zero-order chi connectivity index (χ0) is 37.1. The number of H-pyrrole nitrogens is 1. The number of imidazole rings is 1. The van der Waals surface area contributed by atoms with Gasteiger partial charge in [-0.2, -0.15) is 13.2 Å². The second kappa shape index (κ2) is 17.1. The number of alkyl halides is 3. The molecule has 50 heavy (non-hydrogen) atoms. The lowest BCUT2D eigenvalue weighted by molar-refractivity contribution is -0.192. The molecule has 0 aliphatic carbocycles. The van der Waals surface area contributed by atoms with Gasteiger partial charge in [0.05, 0.1) is 11.9 Å². The van der Waals surface area contributed by atoms with Crippen molar-refractivity contribution < 1.29 is 47.4 Å². The maximum Gasteiger partial charge on any atom is 0.490 e.